The molecule has 1 aromatic carbocycles. The van der Waals surface area contributed by atoms with E-state index in [0.29, 0.717) is 12.0 Å². The fourth-order valence-electron chi connectivity index (χ4n) is 3.36. The molecule has 148 valence electrons. The van der Waals surface area contributed by atoms with Gasteiger partial charge < -0.3 is 10.6 Å². The zero-order valence-electron chi connectivity index (χ0n) is 16.4. The van der Waals surface area contributed by atoms with Gasteiger partial charge in [0.05, 0.1) is 5.54 Å². The molecule has 1 aliphatic heterocycles. The number of benzene rings is 1. The van der Waals surface area contributed by atoms with Crippen LogP contribution in [0.3, 0.4) is 0 Å². The van der Waals surface area contributed by atoms with Gasteiger partial charge in [-0.15, -0.1) is 11.3 Å². The number of urea groups is 1. The van der Waals surface area contributed by atoms with Crippen LogP contribution in [0.5, 0.6) is 0 Å². The molecule has 8 heteroatoms. The van der Waals surface area contributed by atoms with Crippen LogP contribution in [0, 0.1) is 6.92 Å². The normalized spacial score (nSPS) is 19.6. The summed E-state index contributed by atoms with van der Waals surface area (Å²) < 4.78 is 0. The number of amides is 4. The number of thiazole rings is 1. The lowest BCUT2D eigenvalue weighted by atomic mass is 9.87. The zero-order valence-corrected chi connectivity index (χ0v) is 17.2. The first-order chi connectivity index (χ1) is 13.2. The van der Waals surface area contributed by atoms with Crippen molar-refractivity contribution in [3.63, 3.8) is 0 Å². The van der Waals surface area contributed by atoms with E-state index in [1.54, 1.807) is 12.1 Å². The van der Waals surface area contributed by atoms with Crippen LogP contribution >= 0.6 is 11.3 Å². The Hall–Kier alpha value is -2.74. The van der Waals surface area contributed by atoms with E-state index in [-0.39, 0.29) is 6.54 Å². The lowest BCUT2D eigenvalue weighted by Crippen LogP contribution is -2.48. The second kappa shape index (κ2) is 7.35. The van der Waals surface area contributed by atoms with Gasteiger partial charge in [0.25, 0.3) is 5.91 Å². The summed E-state index contributed by atoms with van der Waals surface area (Å²) in [6.07, 6.45) is 0.392. The Morgan fingerprint density at radius 1 is 1.29 bits per heavy atom. The maximum Gasteiger partial charge on any atom is 0.325 e. The van der Waals surface area contributed by atoms with Crippen molar-refractivity contribution in [1.82, 2.24) is 20.5 Å². The first kappa shape index (κ1) is 20.0. The van der Waals surface area contributed by atoms with Crippen molar-refractivity contribution in [3.8, 4) is 0 Å². The molecule has 28 heavy (non-hydrogen) atoms. The summed E-state index contributed by atoms with van der Waals surface area (Å²) in [5, 5.41) is 8.34. The summed E-state index contributed by atoms with van der Waals surface area (Å²) in [7, 11) is 0. The molecule has 1 fully saturated rings. The second-order valence-electron chi connectivity index (χ2n) is 7.41. The molecule has 2 aromatic rings. The number of nitrogens with zero attached hydrogens (tertiary/aromatic N) is 2. The molecule has 1 unspecified atom stereocenters. The maximum atomic E-state index is 13.1. The van der Waals surface area contributed by atoms with E-state index in [0.717, 1.165) is 15.6 Å². The summed E-state index contributed by atoms with van der Waals surface area (Å²) in [5.74, 6) is -0.828. The van der Waals surface area contributed by atoms with E-state index in [2.05, 4.69) is 15.6 Å². The van der Waals surface area contributed by atoms with Gasteiger partial charge in [0.2, 0.25) is 5.91 Å². The van der Waals surface area contributed by atoms with E-state index in [1.165, 1.54) is 11.3 Å². The number of aryl methyl sites for hydroxylation is 1. The average Bonchev–Trinajstić information content (AvgIpc) is 3.20. The minimum absolute atomic E-state index is 0.340. The highest BCUT2D eigenvalue weighted by atomic mass is 32.1. The van der Waals surface area contributed by atoms with Crippen molar-refractivity contribution in [2.45, 2.75) is 45.2 Å². The van der Waals surface area contributed by atoms with E-state index >= 15 is 0 Å². The molecule has 2 heterocycles. The Kier molecular flexibility index (Phi) is 5.25. The largest absolute Gasteiger partial charge is 0.343 e. The monoisotopic (exact) mass is 400 g/mol. The van der Waals surface area contributed by atoms with Gasteiger partial charge >= 0.3 is 6.03 Å². The molecular weight excluding hydrogens is 376 g/mol. The van der Waals surface area contributed by atoms with Crippen LogP contribution in [0.4, 0.5) is 4.79 Å². The Morgan fingerprint density at radius 2 is 1.96 bits per heavy atom. The summed E-state index contributed by atoms with van der Waals surface area (Å²) >= 11 is 1.46. The van der Waals surface area contributed by atoms with Crippen molar-refractivity contribution >= 4 is 29.2 Å². The molecule has 0 spiro atoms. The van der Waals surface area contributed by atoms with Gasteiger partial charge in [-0.2, -0.15) is 0 Å². The maximum absolute atomic E-state index is 13.1. The molecule has 7 nitrogen and oxygen atoms in total. The number of carbonyl (C=O) groups is 3. The van der Waals surface area contributed by atoms with Crippen molar-refractivity contribution in [2.24, 2.45) is 0 Å². The molecule has 0 saturated carbocycles. The topological polar surface area (TPSA) is 91.4 Å². The quantitative estimate of drug-likeness (QED) is 0.730. The smallest absolute Gasteiger partial charge is 0.325 e. The molecule has 1 aromatic heterocycles. The molecule has 1 saturated heterocycles. The first-order valence-corrected chi connectivity index (χ1v) is 10.0. The first-order valence-electron chi connectivity index (χ1n) is 9.13. The molecule has 0 bridgehead atoms. The van der Waals surface area contributed by atoms with Gasteiger partial charge in [-0.25, -0.2) is 9.78 Å². The van der Waals surface area contributed by atoms with Crippen LogP contribution in [-0.2, 0) is 20.7 Å². The van der Waals surface area contributed by atoms with Gasteiger partial charge in [-0.3, -0.25) is 14.5 Å². The molecular formula is C20H24N4O3S. The Bertz CT molecular complexity index is 909. The second-order valence-corrected chi connectivity index (χ2v) is 8.27. The van der Waals surface area contributed by atoms with Gasteiger partial charge in [-0.05, 0) is 32.8 Å². The predicted octanol–water partition coefficient (Wildman–Crippen LogP) is 2.66. The van der Waals surface area contributed by atoms with E-state index < -0.39 is 28.9 Å². The lowest BCUT2D eigenvalue weighted by Gasteiger charge is -2.27. The van der Waals surface area contributed by atoms with Crippen molar-refractivity contribution in [2.75, 3.05) is 6.54 Å². The number of nitrogens with one attached hydrogen (secondary N) is 2. The molecule has 3 rings (SSSR count). The third-order valence-electron chi connectivity index (χ3n) is 4.88. The summed E-state index contributed by atoms with van der Waals surface area (Å²) in [4.78, 5) is 43.6. The number of hydrogen-bond donors (Lipinski definition) is 2. The van der Waals surface area contributed by atoms with Crippen molar-refractivity contribution in [1.29, 1.82) is 0 Å². The van der Waals surface area contributed by atoms with Gasteiger partial charge in [0.1, 0.15) is 17.1 Å². The van der Waals surface area contributed by atoms with Crippen LogP contribution in [0.25, 0.3) is 0 Å². The van der Waals surface area contributed by atoms with Crippen LogP contribution < -0.4 is 10.6 Å². The number of imide groups is 1. The Labute approximate surface area is 168 Å². The molecule has 4 amide bonds. The van der Waals surface area contributed by atoms with Crippen LogP contribution in [0.15, 0.2) is 35.7 Å². The molecule has 1 atom stereocenters. The van der Waals surface area contributed by atoms with Gasteiger partial charge in [0, 0.05) is 11.1 Å². The summed E-state index contributed by atoms with van der Waals surface area (Å²) in [5.41, 5.74) is -0.249. The number of aromatic nitrogens is 1. The zero-order chi connectivity index (χ0) is 20.5. The Morgan fingerprint density at radius 3 is 2.54 bits per heavy atom. The van der Waals surface area contributed by atoms with Crippen LogP contribution in [-0.4, -0.2) is 34.3 Å². The third kappa shape index (κ3) is 3.52. The number of rotatable bonds is 6. The molecule has 2 N–H and O–H groups in total. The van der Waals surface area contributed by atoms with Crippen LogP contribution in [0.2, 0.25) is 0 Å². The van der Waals surface area contributed by atoms with E-state index in [4.69, 9.17) is 0 Å². The Balaban J connectivity index is 1.76. The van der Waals surface area contributed by atoms with E-state index in [1.807, 2.05) is 51.3 Å². The van der Waals surface area contributed by atoms with E-state index in [9.17, 15) is 14.4 Å². The summed E-state index contributed by atoms with van der Waals surface area (Å²) in [6.45, 7) is 7.07. The molecule has 0 aliphatic carbocycles. The number of hydrogen-bond acceptors (Lipinski definition) is 5. The van der Waals surface area contributed by atoms with Crippen LogP contribution in [0.1, 0.15) is 43.5 Å². The highest BCUT2D eigenvalue weighted by Crippen LogP contribution is 2.32. The summed E-state index contributed by atoms with van der Waals surface area (Å²) in [6, 6.07) is 8.54. The van der Waals surface area contributed by atoms with Gasteiger partial charge in [-0.1, -0.05) is 37.3 Å². The highest BCUT2D eigenvalue weighted by Gasteiger charge is 2.51. The highest BCUT2D eigenvalue weighted by molar-refractivity contribution is 7.09. The fourth-order valence-corrected chi connectivity index (χ4v) is 4.24. The minimum Gasteiger partial charge on any atom is -0.343 e. The molecule has 1 aliphatic rings. The van der Waals surface area contributed by atoms with Crippen molar-refractivity contribution < 1.29 is 14.4 Å². The molecule has 0 radical (unpaired) electrons. The third-order valence-corrected chi connectivity index (χ3v) is 6.16. The predicted molar refractivity (Wildman–Crippen MR) is 107 cm³/mol. The number of carbonyl (C=O) groups excluding carboxylic acids is 3. The van der Waals surface area contributed by atoms with Crippen molar-refractivity contribution in [3.05, 3.63) is 52.0 Å². The lowest BCUT2D eigenvalue weighted by molar-refractivity contribution is -0.135. The fraction of sp³-hybridized carbons (Fsp3) is 0.400. The standard InChI is InChI=1S/C20H24N4O3S/c1-5-20(14-9-7-6-8-10-14)17(26)24(18(27)23-20)11-15(25)22-19(3,4)16-21-13(2)12-28-16/h6-10,12H,5,11H2,1-4H3,(H,22,25)(H,23,27). The van der Waals surface area contributed by atoms with Gasteiger partial charge in [0.15, 0.2) is 0 Å². The average molecular weight is 401 g/mol. The minimum atomic E-state index is -1.14. The SMILES string of the molecule is CCC1(c2ccccc2)NC(=O)N(CC(=O)NC(C)(C)c2nc(C)cs2)C1=O.